The monoisotopic (exact) mass is 864 g/mol. The molecule has 3 aromatic carbocycles. The van der Waals surface area contributed by atoms with Crippen LogP contribution in [-0.2, 0) is 13.5 Å². The van der Waals surface area contributed by atoms with Gasteiger partial charge in [-0.15, -0.1) is 0 Å². The van der Waals surface area contributed by atoms with Crippen LogP contribution in [-0.4, -0.2) is 40.8 Å². The number of anilines is 2. The van der Waals surface area contributed by atoms with E-state index in [1.165, 1.54) is 61.7 Å². The summed E-state index contributed by atoms with van der Waals surface area (Å²) in [6, 6.07) is 19.0. The fourth-order valence-corrected chi connectivity index (χ4v) is 17.4. The molecule has 0 spiro atoms. The minimum atomic E-state index is -1.61. The van der Waals surface area contributed by atoms with Crippen molar-refractivity contribution in [2.75, 3.05) is 22.9 Å². The van der Waals surface area contributed by atoms with Gasteiger partial charge in [0.2, 0.25) is 0 Å². The van der Waals surface area contributed by atoms with Gasteiger partial charge in [0.15, 0.2) is 0 Å². The van der Waals surface area contributed by atoms with E-state index in [9.17, 15) is 0 Å². The third kappa shape index (κ3) is 12.1. The standard InChI is InChI=1S/C22H29N2.C18H33P.C7H6.2ClH.Ru/c1-14-10-16(3)21(17(4)11-14)23-8-9-24(20(23)7)22-18(5)12-15(2)13-19(22)6;1-4-10-16(11-5-1)19(17-12-6-2-7-13-17)18-14-8-3-9-15-18;1-7-5-3-2-4-6-7;;;/h10-13,20H,7-9H2,1-6H3;16-18H,1-15H2;1-6H;2*1H;/q-1;;;;;+2/p-1. The summed E-state index contributed by atoms with van der Waals surface area (Å²) < 4.78 is 1.92. The Labute approximate surface area is 339 Å². The van der Waals surface area contributed by atoms with Crippen molar-refractivity contribution in [2.24, 2.45) is 0 Å². The van der Waals surface area contributed by atoms with Crippen molar-refractivity contribution in [1.82, 2.24) is 0 Å². The molecule has 3 aliphatic carbocycles. The van der Waals surface area contributed by atoms with Crippen molar-refractivity contribution in [3.63, 3.8) is 0 Å². The van der Waals surface area contributed by atoms with Gasteiger partial charge in [0.1, 0.15) is 0 Å². The summed E-state index contributed by atoms with van der Waals surface area (Å²) in [5.41, 5.74) is 15.6. The zero-order chi connectivity index (χ0) is 37.9. The average Bonchev–Trinajstić information content (AvgIpc) is 3.49. The summed E-state index contributed by atoms with van der Waals surface area (Å²) in [4.78, 5) is 4.92. The fourth-order valence-electron chi connectivity index (χ4n) is 10.4. The summed E-state index contributed by atoms with van der Waals surface area (Å²) in [5, 5.41) is 0. The van der Waals surface area contributed by atoms with Crippen LogP contribution in [0.3, 0.4) is 0 Å². The molecule has 2 nitrogen and oxygen atoms in total. The van der Waals surface area contributed by atoms with E-state index in [1.807, 2.05) is 34.9 Å². The van der Waals surface area contributed by atoms with Crippen molar-refractivity contribution >= 4 is 43.3 Å². The Morgan fingerprint density at radius 2 is 0.906 bits per heavy atom. The summed E-state index contributed by atoms with van der Waals surface area (Å²) >= 11 is -1.61. The third-order valence-corrected chi connectivity index (χ3v) is 18.8. The van der Waals surface area contributed by atoms with E-state index >= 15 is 0 Å². The van der Waals surface area contributed by atoms with Gasteiger partial charge < -0.3 is 16.7 Å². The molecule has 7 rings (SSSR count). The molecule has 0 amide bonds. The molecule has 0 N–H and O–H groups in total. The maximum atomic E-state index is 5.67. The van der Waals surface area contributed by atoms with Crippen LogP contribution in [0.15, 0.2) is 54.6 Å². The number of halogens is 2. The Balaban J connectivity index is 0.000000166. The summed E-state index contributed by atoms with van der Waals surface area (Å²) in [6.07, 6.45) is 23.9. The molecule has 0 aromatic heterocycles. The first-order chi connectivity index (χ1) is 25.5. The van der Waals surface area contributed by atoms with Gasteiger partial charge in [-0.1, -0.05) is 54.7 Å². The number of benzene rings is 3. The second kappa shape index (κ2) is 21.3. The normalized spacial score (nSPS) is 19.4. The summed E-state index contributed by atoms with van der Waals surface area (Å²) in [5.74, 6) is 0. The molecular weight excluding hydrogens is 795 g/mol. The molecule has 53 heavy (non-hydrogen) atoms. The van der Waals surface area contributed by atoms with E-state index in [4.69, 9.17) is 19.4 Å². The first-order valence-electron chi connectivity index (χ1n) is 20.8. The molecular formula is C47H69Cl2N2PRu. The van der Waals surface area contributed by atoms with Crippen molar-refractivity contribution in [3.8, 4) is 0 Å². The van der Waals surface area contributed by atoms with Crippen LogP contribution in [0.25, 0.3) is 0 Å². The third-order valence-electron chi connectivity index (χ3n) is 12.4. The molecule has 3 saturated carbocycles. The van der Waals surface area contributed by atoms with Crippen molar-refractivity contribution in [3.05, 3.63) is 100 Å². The quantitative estimate of drug-likeness (QED) is 0.138. The van der Waals surface area contributed by atoms with Gasteiger partial charge in [0.05, 0.1) is 17.0 Å². The first kappa shape index (κ1) is 42.9. The molecule has 4 fully saturated rings. The predicted octanol–water partition coefficient (Wildman–Crippen LogP) is 14.0. The van der Waals surface area contributed by atoms with Gasteiger partial charge in [-0.25, -0.2) is 0 Å². The molecule has 1 heterocycles. The summed E-state index contributed by atoms with van der Waals surface area (Å²) in [6.45, 7) is 19.7. The second-order valence-electron chi connectivity index (χ2n) is 16.6. The Morgan fingerprint density at radius 3 is 1.23 bits per heavy atom. The molecule has 0 unspecified atom stereocenters. The Hall–Kier alpha value is -1.24. The Bertz CT molecular complexity index is 1450. The SMILES string of the molecule is C1CCC([PH+](C2CCCCC2)C2CCCCC2)CC1.[CH2-]C1N(c2c(C)cc(C)cc2C)CCN1c1c(C)cc(C)cc1C.[Cl][Ru]([Cl])=[CH]c1ccccc1. The van der Waals surface area contributed by atoms with Gasteiger partial charge in [-0.05, 0) is 147 Å². The number of nitrogens with zero attached hydrogens (tertiary/aromatic N) is 2. The number of aryl methyl sites for hydroxylation is 6. The zero-order valence-electron chi connectivity index (χ0n) is 33.8. The molecule has 0 bridgehead atoms. The van der Waals surface area contributed by atoms with Gasteiger partial charge in [-0.3, -0.25) is 0 Å². The van der Waals surface area contributed by atoms with E-state index in [1.54, 1.807) is 96.3 Å². The van der Waals surface area contributed by atoms with Gasteiger partial charge >= 0.3 is 73.4 Å². The molecule has 0 radical (unpaired) electrons. The van der Waals surface area contributed by atoms with E-state index in [0.29, 0.717) is 0 Å². The molecule has 6 heteroatoms. The van der Waals surface area contributed by atoms with Crippen LogP contribution >= 0.6 is 27.3 Å². The number of hydrogen-bond acceptors (Lipinski definition) is 2. The maximum absolute atomic E-state index is 5.67. The van der Waals surface area contributed by atoms with Crippen molar-refractivity contribution in [2.45, 2.75) is 161 Å². The van der Waals surface area contributed by atoms with E-state index in [0.717, 1.165) is 18.7 Å². The van der Waals surface area contributed by atoms with Gasteiger partial charge in [-0.2, -0.15) is 0 Å². The van der Waals surface area contributed by atoms with Crippen LogP contribution < -0.4 is 9.80 Å². The van der Waals surface area contributed by atoms with E-state index in [2.05, 4.69) is 82.5 Å². The second-order valence-corrected chi connectivity index (χ2v) is 25.8. The van der Waals surface area contributed by atoms with Crippen LogP contribution in [0.5, 0.6) is 0 Å². The van der Waals surface area contributed by atoms with E-state index < -0.39 is 13.5 Å². The molecule has 3 aromatic rings. The Kier molecular flexibility index (Phi) is 17.3. The topological polar surface area (TPSA) is 6.48 Å². The van der Waals surface area contributed by atoms with Gasteiger partial charge in [0, 0.05) is 32.4 Å². The average molecular weight is 865 g/mol. The molecule has 294 valence electrons. The zero-order valence-corrected chi connectivity index (χ0v) is 38.1. The molecule has 0 atom stereocenters. The first-order valence-corrected chi connectivity index (χ1v) is 28.0. The minimum absolute atomic E-state index is 0.0465. The van der Waals surface area contributed by atoms with Crippen LogP contribution in [0.1, 0.15) is 135 Å². The van der Waals surface area contributed by atoms with Gasteiger partial charge in [0.25, 0.3) is 0 Å². The predicted molar refractivity (Wildman–Crippen MR) is 237 cm³/mol. The molecule has 4 aliphatic rings. The molecule has 1 aliphatic heterocycles. The van der Waals surface area contributed by atoms with Crippen LogP contribution in [0, 0.1) is 48.5 Å². The Morgan fingerprint density at radius 1 is 0.566 bits per heavy atom. The van der Waals surface area contributed by atoms with Crippen molar-refractivity contribution < 1.29 is 13.5 Å². The van der Waals surface area contributed by atoms with Crippen molar-refractivity contribution in [1.29, 1.82) is 0 Å². The fraction of sp³-hybridized carbons (Fsp3) is 0.574. The summed E-state index contributed by atoms with van der Waals surface area (Å²) in [7, 11) is 11.3. The molecule has 1 saturated heterocycles. The van der Waals surface area contributed by atoms with E-state index in [-0.39, 0.29) is 14.1 Å². The number of hydrogen-bond donors (Lipinski definition) is 0. The van der Waals surface area contributed by atoms with Crippen LogP contribution in [0.2, 0.25) is 0 Å². The number of rotatable bonds is 6. The van der Waals surface area contributed by atoms with Crippen LogP contribution in [0.4, 0.5) is 11.4 Å².